The van der Waals surface area contributed by atoms with Gasteiger partial charge in [-0.3, -0.25) is 4.68 Å². The van der Waals surface area contributed by atoms with Gasteiger partial charge in [-0.1, -0.05) is 0 Å². The number of rotatable bonds is 7. The Bertz CT molecular complexity index is 958. The van der Waals surface area contributed by atoms with Crippen molar-refractivity contribution in [3.05, 3.63) is 47.5 Å². The van der Waals surface area contributed by atoms with Gasteiger partial charge >= 0.3 is 0 Å². The number of hydrogen-bond donors (Lipinski definition) is 0. The lowest BCUT2D eigenvalue weighted by Gasteiger charge is -2.33. The second kappa shape index (κ2) is 9.01. The largest absolute Gasteiger partial charge is 0.493 e. The van der Waals surface area contributed by atoms with E-state index in [1.54, 1.807) is 21.1 Å². The lowest BCUT2D eigenvalue weighted by Crippen LogP contribution is -2.48. The highest BCUT2D eigenvalue weighted by Gasteiger charge is 2.36. The number of aromatic nitrogens is 2. The Hall–Kier alpha value is -2.01. The average Bonchev–Trinajstić information content (AvgIpc) is 3.41. The van der Waals surface area contributed by atoms with Crippen molar-refractivity contribution < 1.29 is 22.3 Å². The Labute approximate surface area is 176 Å². The van der Waals surface area contributed by atoms with Gasteiger partial charge in [-0.05, 0) is 43.2 Å². The summed E-state index contributed by atoms with van der Waals surface area (Å²) >= 11 is 0. The Kier molecular flexibility index (Phi) is 6.37. The van der Waals surface area contributed by atoms with Crippen LogP contribution in [0.25, 0.3) is 0 Å². The first-order valence-electron chi connectivity index (χ1n) is 10.2. The predicted octanol–water partition coefficient (Wildman–Crippen LogP) is 1.89. The standard InChI is InChI=1S/C20H27FN4O4S/c1-23-17(8-12-28-18-6-4-16(21)5-7-18)14-19(22-23)20-15-25(11-13-29-20)30(26,27)24-9-2-3-10-24/h4-7,14,20H,2-3,8-13,15H2,1H3/t20-/m0/s1. The van der Waals surface area contributed by atoms with Crippen LogP contribution in [0.2, 0.25) is 0 Å². The molecule has 0 saturated carbocycles. The highest BCUT2D eigenvalue weighted by Crippen LogP contribution is 2.26. The molecule has 0 aliphatic carbocycles. The molecule has 0 unspecified atom stereocenters. The maximum Gasteiger partial charge on any atom is 0.282 e. The van der Waals surface area contributed by atoms with Gasteiger partial charge in [-0.15, -0.1) is 0 Å². The molecule has 4 rings (SSSR count). The van der Waals surface area contributed by atoms with E-state index in [9.17, 15) is 12.8 Å². The van der Waals surface area contributed by atoms with E-state index in [2.05, 4.69) is 5.10 Å². The van der Waals surface area contributed by atoms with Gasteiger partial charge in [0.15, 0.2) is 0 Å². The van der Waals surface area contributed by atoms with Crippen LogP contribution in [-0.2, 0) is 28.4 Å². The highest BCUT2D eigenvalue weighted by atomic mass is 32.2. The van der Waals surface area contributed by atoms with Crippen LogP contribution in [0.5, 0.6) is 5.75 Å². The van der Waals surface area contributed by atoms with Gasteiger partial charge < -0.3 is 9.47 Å². The SMILES string of the molecule is Cn1nc([C@@H]2CN(S(=O)(=O)N3CCCC3)CCO2)cc1CCOc1ccc(F)cc1. The molecule has 0 radical (unpaired) electrons. The zero-order chi connectivity index (χ0) is 21.1. The van der Waals surface area contributed by atoms with E-state index in [0.717, 1.165) is 24.2 Å². The summed E-state index contributed by atoms with van der Waals surface area (Å²) in [6.45, 7) is 2.57. The minimum Gasteiger partial charge on any atom is -0.493 e. The summed E-state index contributed by atoms with van der Waals surface area (Å²) in [5, 5.41) is 4.54. The zero-order valence-electron chi connectivity index (χ0n) is 17.0. The Morgan fingerprint density at radius 2 is 1.90 bits per heavy atom. The summed E-state index contributed by atoms with van der Waals surface area (Å²) in [5.74, 6) is 0.309. The molecule has 2 saturated heterocycles. The van der Waals surface area contributed by atoms with Gasteiger partial charge in [0.05, 0.1) is 18.9 Å². The molecule has 30 heavy (non-hydrogen) atoms. The van der Waals surface area contributed by atoms with Crippen LogP contribution in [0.1, 0.15) is 30.3 Å². The summed E-state index contributed by atoms with van der Waals surface area (Å²) in [6.07, 6.45) is 2.05. The van der Waals surface area contributed by atoms with Crippen molar-refractivity contribution in [2.75, 3.05) is 39.4 Å². The minimum atomic E-state index is -3.45. The molecular formula is C20H27FN4O4S. The molecule has 8 nitrogen and oxygen atoms in total. The first-order chi connectivity index (χ1) is 14.4. The topological polar surface area (TPSA) is 76.9 Å². The van der Waals surface area contributed by atoms with Gasteiger partial charge in [0.25, 0.3) is 10.2 Å². The number of aryl methyl sites for hydroxylation is 1. The molecule has 3 heterocycles. The van der Waals surface area contributed by atoms with Crippen molar-refractivity contribution >= 4 is 10.2 Å². The van der Waals surface area contributed by atoms with Crippen LogP contribution < -0.4 is 4.74 Å². The van der Waals surface area contributed by atoms with Crippen LogP contribution in [0, 0.1) is 5.82 Å². The van der Waals surface area contributed by atoms with Crippen molar-refractivity contribution in [2.24, 2.45) is 7.05 Å². The second-order valence-electron chi connectivity index (χ2n) is 7.57. The smallest absolute Gasteiger partial charge is 0.282 e. The lowest BCUT2D eigenvalue weighted by molar-refractivity contribution is -0.00672. The number of hydrogen-bond acceptors (Lipinski definition) is 5. The van der Waals surface area contributed by atoms with Crippen molar-refractivity contribution in [1.29, 1.82) is 0 Å². The third-order valence-electron chi connectivity index (χ3n) is 5.51. The van der Waals surface area contributed by atoms with Gasteiger partial charge in [-0.25, -0.2) is 4.39 Å². The summed E-state index contributed by atoms with van der Waals surface area (Å²) in [7, 11) is -1.60. The fourth-order valence-corrected chi connectivity index (χ4v) is 5.50. The van der Waals surface area contributed by atoms with Crippen LogP contribution in [0.3, 0.4) is 0 Å². The number of benzene rings is 1. The Morgan fingerprint density at radius 3 is 2.63 bits per heavy atom. The predicted molar refractivity (Wildman–Crippen MR) is 109 cm³/mol. The third-order valence-corrected chi connectivity index (χ3v) is 7.51. The summed E-state index contributed by atoms with van der Waals surface area (Å²) in [6, 6.07) is 7.84. The molecule has 2 aliphatic heterocycles. The maximum absolute atomic E-state index is 13.0. The van der Waals surface area contributed by atoms with E-state index >= 15 is 0 Å². The molecule has 0 bridgehead atoms. The zero-order valence-corrected chi connectivity index (χ0v) is 17.9. The molecule has 2 aliphatic rings. The van der Waals surface area contributed by atoms with Crippen LogP contribution in [0.4, 0.5) is 4.39 Å². The lowest BCUT2D eigenvalue weighted by atomic mass is 10.2. The average molecular weight is 439 g/mol. The minimum absolute atomic E-state index is 0.265. The molecular weight excluding hydrogens is 411 g/mol. The Morgan fingerprint density at radius 1 is 1.17 bits per heavy atom. The van der Waals surface area contributed by atoms with Crippen molar-refractivity contribution in [2.45, 2.75) is 25.4 Å². The van der Waals surface area contributed by atoms with Gasteiger partial charge in [0, 0.05) is 45.3 Å². The van der Waals surface area contributed by atoms with Gasteiger partial charge in [0.2, 0.25) is 0 Å². The molecule has 2 fully saturated rings. The quantitative estimate of drug-likeness (QED) is 0.660. The molecule has 2 aromatic rings. The van der Waals surface area contributed by atoms with Crippen LogP contribution in [-0.4, -0.2) is 66.2 Å². The first kappa shape index (κ1) is 21.2. The molecule has 1 atom stereocenters. The maximum atomic E-state index is 13.0. The van der Waals surface area contributed by atoms with E-state index in [-0.39, 0.29) is 12.4 Å². The van der Waals surface area contributed by atoms with Crippen molar-refractivity contribution in [3.8, 4) is 5.75 Å². The van der Waals surface area contributed by atoms with E-state index in [1.165, 1.54) is 16.4 Å². The van der Waals surface area contributed by atoms with Crippen molar-refractivity contribution in [1.82, 2.24) is 18.4 Å². The van der Waals surface area contributed by atoms with E-state index in [4.69, 9.17) is 9.47 Å². The van der Waals surface area contributed by atoms with Crippen molar-refractivity contribution in [3.63, 3.8) is 0 Å². The molecule has 1 aromatic carbocycles. The Balaban J connectivity index is 1.37. The number of nitrogens with zero attached hydrogens (tertiary/aromatic N) is 4. The molecule has 1 aromatic heterocycles. The van der Waals surface area contributed by atoms with Gasteiger partial charge in [0.1, 0.15) is 17.7 Å². The molecule has 0 spiro atoms. The fourth-order valence-electron chi connectivity index (χ4n) is 3.82. The number of halogens is 1. The molecule has 0 N–H and O–H groups in total. The number of morpholine rings is 1. The molecule has 164 valence electrons. The van der Waals surface area contributed by atoms with Crippen LogP contribution in [0.15, 0.2) is 30.3 Å². The second-order valence-corrected chi connectivity index (χ2v) is 9.50. The van der Waals surface area contributed by atoms with Gasteiger partial charge in [-0.2, -0.15) is 22.1 Å². The number of ether oxygens (including phenoxy) is 2. The summed E-state index contributed by atoms with van der Waals surface area (Å²) in [4.78, 5) is 0. The highest BCUT2D eigenvalue weighted by molar-refractivity contribution is 7.86. The summed E-state index contributed by atoms with van der Waals surface area (Å²) < 4.78 is 55.0. The van der Waals surface area contributed by atoms with E-state index in [0.29, 0.717) is 45.0 Å². The first-order valence-corrected chi connectivity index (χ1v) is 11.6. The molecule has 0 amide bonds. The normalized spacial score (nSPS) is 21.2. The monoisotopic (exact) mass is 438 g/mol. The summed E-state index contributed by atoms with van der Waals surface area (Å²) in [5.41, 5.74) is 1.67. The fraction of sp³-hybridized carbons (Fsp3) is 0.550. The van der Waals surface area contributed by atoms with E-state index in [1.807, 2.05) is 13.1 Å². The third kappa shape index (κ3) is 4.66. The molecule has 10 heteroatoms. The van der Waals surface area contributed by atoms with E-state index < -0.39 is 16.3 Å². The van der Waals surface area contributed by atoms with Crippen LogP contribution >= 0.6 is 0 Å².